The van der Waals surface area contributed by atoms with E-state index in [9.17, 15) is 9.90 Å². The molecule has 0 saturated heterocycles. The van der Waals surface area contributed by atoms with E-state index in [0.717, 1.165) is 43.2 Å². The van der Waals surface area contributed by atoms with E-state index in [1.54, 1.807) is 18.2 Å². The third-order valence-corrected chi connectivity index (χ3v) is 16.0. The molecule has 2 heterocycles. The maximum atomic E-state index is 12.0. The SMILES string of the molecule is C[Si]1(C)C2=CC(=O)C=CC2=Nc2ccc(O)c(-c3[se]c(Br)c(Br)c3I)c21. The van der Waals surface area contributed by atoms with Crippen LogP contribution >= 0.6 is 54.5 Å². The van der Waals surface area contributed by atoms with Crippen molar-refractivity contribution in [2.45, 2.75) is 13.1 Å². The van der Waals surface area contributed by atoms with Gasteiger partial charge >= 0.3 is 190 Å². The Morgan fingerprint density at radius 3 is 2.62 bits per heavy atom. The summed E-state index contributed by atoms with van der Waals surface area (Å²) in [5, 5.41) is 12.9. The molecule has 132 valence electrons. The Labute approximate surface area is 188 Å². The Morgan fingerprint density at radius 1 is 1.23 bits per heavy atom. The summed E-state index contributed by atoms with van der Waals surface area (Å²) in [6, 6.07) is 3.63. The Bertz CT molecular complexity index is 1090. The Morgan fingerprint density at radius 2 is 1.96 bits per heavy atom. The molecule has 0 atom stereocenters. The molecule has 1 aliphatic heterocycles. The number of nitrogens with zero attached hydrogens (tertiary/aromatic N) is 1. The molecule has 0 spiro atoms. The average molecular weight is 668 g/mol. The van der Waals surface area contributed by atoms with Gasteiger partial charge in [0.25, 0.3) is 0 Å². The van der Waals surface area contributed by atoms with Crippen LogP contribution in [0.4, 0.5) is 5.69 Å². The van der Waals surface area contributed by atoms with Crippen LogP contribution in [0.25, 0.3) is 10.0 Å². The van der Waals surface area contributed by atoms with Crippen LogP contribution in [0, 0.1) is 3.57 Å². The van der Waals surface area contributed by atoms with Crippen molar-refractivity contribution < 1.29 is 9.90 Å². The van der Waals surface area contributed by atoms with E-state index in [0.29, 0.717) is 0 Å². The predicted octanol–water partition coefficient (Wildman–Crippen LogP) is 4.85. The number of rotatable bonds is 1. The molecule has 2 aliphatic rings. The van der Waals surface area contributed by atoms with Crippen LogP contribution in [0.5, 0.6) is 5.75 Å². The van der Waals surface area contributed by atoms with Crippen LogP contribution in [-0.4, -0.2) is 39.2 Å². The second kappa shape index (κ2) is 6.67. The molecular weight excluding hydrogens is 656 g/mol. The van der Waals surface area contributed by atoms with Crippen LogP contribution in [-0.2, 0) is 4.79 Å². The van der Waals surface area contributed by atoms with Crippen molar-refractivity contribution in [2.75, 3.05) is 0 Å². The van der Waals surface area contributed by atoms with Gasteiger partial charge in [-0.05, 0) is 0 Å². The van der Waals surface area contributed by atoms with Crippen LogP contribution in [0.2, 0.25) is 13.1 Å². The third-order valence-electron chi connectivity index (χ3n) is 4.65. The second-order valence-electron chi connectivity index (χ2n) is 6.60. The molecule has 1 aliphatic carbocycles. The molecule has 0 amide bonds. The summed E-state index contributed by atoms with van der Waals surface area (Å²) >= 11 is 9.69. The van der Waals surface area contributed by atoms with Gasteiger partial charge in [0.15, 0.2) is 0 Å². The molecule has 26 heavy (non-hydrogen) atoms. The minimum atomic E-state index is -2.21. The van der Waals surface area contributed by atoms with E-state index in [1.165, 1.54) is 0 Å². The third kappa shape index (κ3) is 2.84. The molecule has 0 unspecified atom stereocenters. The van der Waals surface area contributed by atoms with Gasteiger partial charge in [-0.25, -0.2) is 0 Å². The first-order valence-corrected chi connectivity index (χ1v) is 15.1. The summed E-state index contributed by atoms with van der Waals surface area (Å²) < 4.78 is 4.46. The number of aliphatic imine (C=N–C) groups is 1. The maximum absolute atomic E-state index is 12.0. The van der Waals surface area contributed by atoms with Gasteiger partial charge in [0.1, 0.15) is 0 Å². The molecule has 0 bridgehead atoms. The van der Waals surface area contributed by atoms with Crippen LogP contribution in [0.15, 0.2) is 48.4 Å². The van der Waals surface area contributed by atoms with Gasteiger partial charge in [0.05, 0.1) is 0 Å². The normalized spacial score (nSPS) is 17.5. The number of allylic oxidation sites excluding steroid dienone is 4. The fourth-order valence-electron chi connectivity index (χ4n) is 3.44. The number of hydrogen-bond donors (Lipinski definition) is 1. The summed E-state index contributed by atoms with van der Waals surface area (Å²) in [4.78, 5) is 16.8. The van der Waals surface area contributed by atoms with E-state index in [-0.39, 0.29) is 26.0 Å². The summed E-state index contributed by atoms with van der Waals surface area (Å²) in [5.41, 5.74) is 2.69. The van der Waals surface area contributed by atoms with Crippen LogP contribution in [0.3, 0.4) is 0 Å². The minimum absolute atomic E-state index is 0.00992. The van der Waals surface area contributed by atoms with Crippen molar-refractivity contribution in [3.8, 4) is 15.8 Å². The van der Waals surface area contributed by atoms with Crippen molar-refractivity contribution in [1.82, 2.24) is 0 Å². The fraction of sp³-hybridized carbons (Fsp3) is 0.111. The number of phenols is 1. The Kier molecular flexibility index (Phi) is 4.89. The molecule has 1 aromatic heterocycles. The number of hydrogen-bond acceptors (Lipinski definition) is 3. The molecule has 0 radical (unpaired) electrons. The zero-order valence-corrected chi connectivity index (χ0v) is 21.8. The van der Waals surface area contributed by atoms with Gasteiger partial charge < -0.3 is 0 Å². The van der Waals surface area contributed by atoms with Gasteiger partial charge in [-0.3, -0.25) is 0 Å². The van der Waals surface area contributed by atoms with Gasteiger partial charge in [-0.1, -0.05) is 0 Å². The van der Waals surface area contributed by atoms with E-state index < -0.39 is 8.07 Å². The van der Waals surface area contributed by atoms with Crippen LogP contribution < -0.4 is 5.19 Å². The second-order valence-corrected chi connectivity index (χ2v) is 16.9. The number of fused-ring (bicyclic) bond motifs is 2. The number of aromatic hydroxyl groups is 1. The Balaban J connectivity index is 2.09. The molecule has 0 saturated carbocycles. The first-order valence-electron chi connectivity index (χ1n) is 7.75. The number of ketones is 1. The van der Waals surface area contributed by atoms with E-state index in [4.69, 9.17) is 4.99 Å². The van der Waals surface area contributed by atoms with E-state index in [2.05, 4.69) is 67.5 Å². The topological polar surface area (TPSA) is 49.7 Å². The van der Waals surface area contributed by atoms with Crippen LogP contribution in [0.1, 0.15) is 0 Å². The molecule has 3 nitrogen and oxygen atoms in total. The monoisotopic (exact) mass is 667 g/mol. The van der Waals surface area contributed by atoms with Crippen molar-refractivity contribution in [2.24, 2.45) is 4.99 Å². The van der Waals surface area contributed by atoms with Crippen molar-refractivity contribution >= 4 is 99.4 Å². The summed E-state index contributed by atoms with van der Waals surface area (Å²) in [6.45, 7) is 4.46. The summed E-state index contributed by atoms with van der Waals surface area (Å²) in [5.74, 6) is 0.297. The number of halogens is 3. The molecule has 1 aromatic carbocycles. The van der Waals surface area contributed by atoms with Gasteiger partial charge in [-0.15, -0.1) is 0 Å². The van der Waals surface area contributed by atoms with Gasteiger partial charge in [-0.2, -0.15) is 0 Å². The van der Waals surface area contributed by atoms with Gasteiger partial charge in [0, 0.05) is 0 Å². The first-order chi connectivity index (χ1) is 12.2. The van der Waals surface area contributed by atoms with Crippen molar-refractivity contribution in [3.63, 3.8) is 0 Å². The predicted molar refractivity (Wildman–Crippen MR) is 125 cm³/mol. The summed E-state index contributed by atoms with van der Waals surface area (Å²) in [7, 11) is -2.21. The molecular formula is C18H12Br2INO2SeSi. The van der Waals surface area contributed by atoms with Crippen molar-refractivity contribution in [1.29, 1.82) is 0 Å². The standard InChI is InChI=1S/C18H12Br2INO2SeSi/c1-26(2)12-7-8(23)3-4-9(12)22-10-5-6-11(24)13(17(10)26)16-15(21)14(19)18(20)25-16/h3-7,24H,1-2H3. The fourth-order valence-corrected chi connectivity index (χ4v) is 12.5. The van der Waals surface area contributed by atoms with E-state index >= 15 is 0 Å². The number of phenolic OH excluding ortho intramolecular Hbond substituents is 1. The zero-order chi connectivity index (χ0) is 18.8. The average Bonchev–Trinajstić information content (AvgIpc) is 2.84. The number of carbonyl (C=O) groups is 1. The van der Waals surface area contributed by atoms with Gasteiger partial charge in [0.2, 0.25) is 0 Å². The quantitative estimate of drug-likeness (QED) is 0.269. The first kappa shape index (κ1) is 19.1. The zero-order valence-electron chi connectivity index (χ0n) is 13.7. The molecule has 4 rings (SSSR count). The molecule has 8 heteroatoms. The Hall–Kier alpha value is -0.254. The molecule has 1 N–H and O–H groups in total. The van der Waals surface area contributed by atoms with Crippen molar-refractivity contribution in [3.05, 3.63) is 46.9 Å². The number of carbonyl (C=O) groups excluding carboxylic acids is 1. The van der Waals surface area contributed by atoms with E-state index in [1.807, 2.05) is 12.1 Å². The molecule has 2 aromatic rings. The number of benzene rings is 1. The molecule has 0 fully saturated rings. The summed E-state index contributed by atoms with van der Waals surface area (Å²) in [6.07, 6.45) is 5.12.